The maximum absolute atomic E-state index is 12.1. The lowest BCUT2D eigenvalue weighted by Crippen LogP contribution is -2.25. The van der Waals surface area contributed by atoms with Crippen LogP contribution >= 0.6 is 27.7 Å². The predicted molar refractivity (Wildman–Crippen MR) is 91.1 cm³/mol. The highest BCUT2D eigenvalue weighted by molar-refractivity contribution is 9.10. The summed E-state index contributed by atoms with van der Waals surface area (Å²) in [4.78, 5) is 1.49. The van der Waals surface area contributed by atoms with Crippen LogP contribution < -0.4 is 4.72 Å². The fraction of sp³-hybridized carbons (Fsp3) is 0.200. The molecule has 0 fully saturated rings. The molecule has 0 saturated carbocycles. The van der Waals surface area contributed by atoms with E-state index in [9.17, 15) is 8.42 Å². The summed E-state index contributed by atoms with van der Waals surface area (Å²) in [6.45, 7) is 0.439. The van der Waals surface area contributed by atoms with Crippen LogP contribution in [0.1, 0.15) is 6.42 Å². The van der Waals surface area contributed by atoms with Crippen LogP contribution in [0.2, 0.25) is 0 Å². The Morgan fingerprint density at radius 3 is 2.52 bits per heavy atom. The zero-order valence-electron chi connectivity index (χ0n) is 11.3. The minimum Gasteiger partial charge on any atom is -0.211 e. The number of sulfonamides is 1. The Bertz CT molecular complexity index is 675. The van der Waals surface area contributed by atoms with Gasteiger partial charge in [-0.3, -0.25) is 0 Å². The fourth-order valence-corrected chi connectivity index (χ4v) is 4.25. The number of halogens is 1. The van der Waals surface area contributed by atoms with Crippen LogP contribution in [0.4, 0.5) is 0 Å². The maximum atomic E-state index is 12.1. The second-order valence-electron chi connectivity index (χ2n) is 4.37. The summed E-state index contributed by atoms with van der Waals surface area (Å²) in [6, 6.07) is 16.8. The lowest BCUT2D eigenvalue weighted by molar-refractivity contribution is 0.581. The molecule has 2 aromatic carbocycles. The molecule has 6 heteroatoms. The molecular formula is C15H16BrNO2S2. The Morgan fingerprint density at radius 1 is 1.05 bits per heavy atom. The SMILES string of the molecule is O=S(=O)(NCCCSc1ccccc1)c1cccc(Br)c1. The first-order chi connectivity index (χ1) is 10.1. The Balaban J connectivity index is 1.78. The molecule has 0 amide bonds. The molecule has 2 aromatic rings. The highest BCUT2D eigenvalue weighted by Gasteiger charge is 2.12. The molecule has 0 saturated heterocycles. The van der Waals surface area contributed by atoms with Crippen LogP contribution in [0.3, 0.4) is 0 Å². The van der Waals surface area contributed by atoms with Gasteiger partial charge in [0.1, 0.15) is 0 Å². The molecule has 1 N–H and O–H groups in total. The zero-order valence-corrected chi connectivity index (χ0v) is 14.5. The van der Waals surface area contributed by atoms with E-state index in [2.05, 4.69) is 32.8 Å². The molecule has 0 aromatic heterocycles. The molecule has 3 nitrogen and oxygen atoms in total. The van der Waals surface area contributed by atoms with E-state index in [0.29, 0.717) is 6.54 Å². The van der Waals surface area contributed by atoms with Crippen molar-refractivity contribution in [2.24, 2.45) is 0 Å². The molecule has 0 heterocycles. The van der Waals surface area contributed by atoms with Gasteiger partial charge in [0.2, 0.25) is 10.0 Å². The van der Waals surface area contributed by atoms with Crippen molar-refractivity contribution in [3.05, 3.63) is 59.1 Å². The second kappa shape index (κ2) is 7.98. The Kier molecular flexibility index (Phi) is 6.29. The molecule has 0 aliphatic carbocycles. The normalized spacial score (nSPS) is 11.5. The standard InChI is InChI=1S/C15H16BrNO2S2/c16-13-6-4-9-15(12-13)21(18,19)17-10-5-11-20-14-7-2-1-3-8-14/h1-4,6-9,12,17H,5,10-11H2. The molecule has 0 unspecified atom stereocenters. The molecule has 0 radical (unpaired) electrons. The van der Waals surface area contributed by atoms with E-state index in [4.69, 9.17) is 0 Å². The van der Waals surface area contributed by atoms with E-state index in [-0.39, 0.29) is 4.90 Å². The van der Waals surface area contributed by atoms with Crippen molar-refractivity contribution in [3.63, 3.8) is 0 Å². The van der Waals surface area contributed by atoms with Crippen LogP contribution in [0, 0.1) is 0 Å². The van der Waals surface area contributed by atoms with Gasteiger partial charge in [-0.05, 0) is 42.5 Å². The third-order valence-corrected chi connectivity index (χ3v) is 5.78. The van der Waals surface area contributed by atoms with Crippen molar-refractivity contribution in [2.75, 3.05) is 12.3 Å². The van der Waals surface area contributed by atoms with Crippen molar-refractivity contribution in [2.45, 2.75) is 16.2 Å². The molecule has 0 aliphatic heterocycles. The number of benzene rings is 2. The van der Waals surface area contributed by atoms with Gasteiger partial charge < -0.3 is 0 Å². The summed E-state index contributed by atoms with van der Waals surface area (Å²) >= 11 is 5.00. The zero-order chi connectivity index (χ0) is 15.1. The van der Waals surface area contributed by atoms with Gasteiger partial charge in [-0.15, -0.1) is 11.8 Å². The molecule has 21 heavy (non-hydrogen) atoms. The third-order valence-electron chi connectivity index (χ3n) is 2.73. The maximum Gasteiger partial charge on any atom is 0.240 e. The van der Waals surface area contributed by atoms with Gasteiger partial charge in [-0.1, -0.05) is 40.2 Å². The number of thioether (sulfide) groups is 1. The Morgan fingerprint density at radius 2 is 1.81 bits per heavy atom. The smallest absolute Gasteiger partial charge is 0.211 e. The Hall–Kier alpha value is -0.820. The summed E-state index contributed by atoms with van der Waals surface area (Å²) in [6.07, 6.45) is 0.785. The topological polar surface area (TPSA) is 46.2 Å². The van der Waals surface area contributed by atoms with E-state index < -0.39 is 10.0 Å². The fourth-order valence-electron chi connectivity index (χ4n) is 1.70. The van der Waals surface area contributed by atoms with Crippen molar-refractivity contribution in [3.8, 4) is 0 Å². The summed E-state index contributed by atoms with van der Waals surface area (Å²) in [7, 11) is -3.42. The van der Waals surface area contributed by atoms with Gasteiger partial charge in [0.25, 0.3) is 0 Å². The predicted octanol–water partition coefficient (Wildman–Crippen LogP) is 3.91. The van der Waals surface area contributed by atoms with Crippen LogP contribution in [0.25, 0.3) is 0 Å². The Labute approximate surface area is 138 Å². The van der Waals surface area contributed by atoms with Gasteiger partial charge >= 0.3 is 0 Å². The van der Waals surface area contributed by atoms with E-state index in [1.807, 2.05) is 18.2 Å². The first-order valence-electron chi connectivity index (χ1n) is 6.51. The van der Waals surface area contributed by atoms with Crippen LogP contribution in [0.5, 0.6) is 0 Å². The molecule has 0 spiro atoms. The van der Waals surface area contributed by atoms with Gasteiger partial charge in [0, 0.05) is 15.9 Å². The summed E-state index contributed by atoms with van der Waals surface area (Å²) in [5.41, 5.74) is 0. The van der Waals surface area contributed by atoms with Gasteiger partial charge in [0.05, 0.1) is 4.90 Å². The number of nitrogens with one attached hydrogen (secondary N) is 1. The van der Waals surface area contributed by atoms with Gasteiger partial charge in [0.15, 0.2) is 0 Å². The van der Waals surface area contributed by atoms with E-state index >= 15 is 0 Å². The van der Waals surface area contributed by atoms with Crippen LogP contribution in [-0.4, -0.2) is 20.7 Å². The molecular weight excluding hydrogens is 370 g/mol. The highest BCUT2D eigenvalue weighted by Crippen LogP contribution is 2.18. The van der Waals surface area contributed by atoms with Crippen molar-refractivity contribution >= 4 is 37.7 Å². The minimum absolute atomic E-state index is 0.285. The minimum atomic E-state index is -3.42. The molecule has 0 atom stereocenters. The van der Waals surface area contributed by atoms with Crippen molar-refractivity contribution < 1.29 is 8.42 Å². The quantitative estimate of drug-likeness (QED) is 0.580. The third kappa shape index (κ3) is 5.47. The number of rotatable bonds is 7. The first kappa shape index (κ1) is 16.5. The lowest BCUT2D eigenvalue weighted by atomic mass is 10.4. The molecule has 2 rings (SSSR count). The first-order valence-corrected chi connectivity index (χ1v) is 9.77. The van der Waals surface area contributed by atoms with E-state index in [1.54, 1.807) is 36.0 Å². The summed E-state index contributed by atoms with van der Waals surface area (Å²) in [5, 5.41) is 0. The lowest BCUT2D eigenvalue weighted by Gasteiger charge is -2.07. The average Bonchev–Trinajstić information content (AvgIpc) is 2.48. The summed E-state index contributed by atoms with van der Waals surface area (Å²) in [5.74, 6) is 0.880. The van der Waals surface area contributed by atoms with E-state index in [0.717, 1.165) is 16.6 Å². The van der Waals surface area contributed by atoms with Crippen molar-refractivity contribution in [1.29, 1.82) is 0 Å². The van der Waals surface area contributed by atoms with Crippen LogP contribution in [0.15, 0.2) is 68.9 Å². The van der Waals surface area contributed by atoms with Gasteiger partial charge in [-0.2, -0.15) is 0 Å². The second-order valence-corrected chi connectivity index (χ2v) is 8.22. The highest BCUT2D eigenvalue weighted by atomic mass is 79.9. The molecule has 112 valence electrons. The van der Waals surface area contributed by atoms with Gasteiger partial charge in [-0.25, -0.2) is 13.1 Å². The largest absolute Gasteiger partial charge is 0.240 e. The summed E-state index contributed by atoms with van der Waals surface area (Å²) < 4.78 is 27.5. The van der Waals surface area contributed by atoms with Crippen molar-refractivity contribution in [1.82, 2.24) is 4.72 Å². The van der Waals surface area contributed by atoms with E-state index in [1.165, 1.54) is 4.90 Å². The average molecular weight is 386 g/mol. The number of hydrogen-bond donors (Lipinski definition) is 1. The molecule has 0 aliphatic rings. The van der Waals surface area contributed by atoms with Crippen LogP contribution in [-0.2, 0) is 10.0 Å². The monoisotopic (exact) mass is 385 g/mol. The number of hydrogen-bond acceptors (Lipinski definition) is 3. The molecule has 0 bridgehead atoms.